The first-order valence-electron chi connectivity index (χ1n) is 8.18. The van der Waals surface area contributed by atoms with Gasteiger partial charge >= 0.3 is 0 Å². The maximum Gasteiger partial charge on any atom is 0.243 e. The molecular formula is C16H24N2O6S2. The molecule has 10 heteroatoms. The van der Waals surface area contributed by atoms with E-state index in [0.717, 1.165) is 0 Å². The van der Waals surface area contributed by atoms with E-state index >= 15 is 0 Å². The summed E-state index contributed by atoms with van der Waals surface area (Å²) in [5.41, 5.74) is 0.568. The quantitative estimate of drug-likeness (QED) is 0.731. The third-order valence-corrected chi connectivity index (χ3v) is 8.73. The number of hydrogen-bond donors (Lipinski definition) is 1. The maximum absolute atomic E-state index is 12.9. The molecule has 1 aliphatic rings. The summed E-state index contributed by atoms with van der Waals surface area (Å²) in [4.78, 5) is 11.5. The fourth-order valence-electron chi connectivity index (χ4n) is 2.98. The number of aryl methyl sites for hydroxylation is 1. The lowest BCUT2D eigenvalue weighted by Crippen LogP contribution is -2.44. The van der Waals surface area contributed by atoms with E-state index in [0.29, 0.717) is 11.3 Å². The van der Waals surface area contributed by atoms with Crippen molar-refractivity contribution in [2.75, 3.05) is 33.0 Å². The van der Waals surface area contributed by atoms with Gasteiger partial charge in [0, 0.05) is 20.1 Å². The fraction of sp³-hybridized carbons (Fsp3) is 0.562. The highest BCUT2D eigenvalue weighted by Crippen LogP contribution is 2.27. The van der Waals surface area contributed by atoms with Crippen LogP contribution in [0.15, 0.2) is 23.1 Å². The Hall–Kier alpha value is -1.65. The lowest BCUT2D eigenvalue weighted by atomic mass is 10.2. The normalized spacial score (nSPS) is 17.0. The Labute approximate surface area is 154 Å². The standard InChI is InChI=1S/C16H24N2O6S2/c1-12-10-13(24-3)4-5-15(12)26(22,23)18-8-6-14(7-9-18)25(20,21)11-16(19)17-2/h4-5,10,14H,6-9,11H2,1-3H3,(H,17,19). The van der Waals surface area contributed by atoms with Crippen molar-refractivity contribution in [2.45, 2.75) is 29.9 Å². The molecule has 26 heavy (non-hydrogen) atoms. The summed E-state index contributed by atoms with van der Waals surface area (Å²) in [6.45, 7) is 1.90. The molecule has 1 heterocycles. The molecule has 0 unspecified atom stereocenters. The van der Waals surface area contributed by atoms with Gasteiger partial charge in [-0.2, -0.15) is 4.31 Å². The van der Waals surface area contributed by atoms with Crippen molar-refractivity contribution in [3.63, 3.8) is 0 Å². The molecule has 1 amide bonds. The number of carbonyl (C=O) groups is 1. The molecular weight excluding hydrogens is 380 g/mol. The SMILES string of the molecule is CNC(=O)CS(=O)(=O)C1CCN(S(=O)(=O)c2ccc(OC)cc2C)CC1. The molecule has 1 aliphatic heterocycles. The number of methoxy groups -OCH3 is 1. The Morgan fingerprint density at radius 3 is 2.35 bits per heavy atom. The predicted octanol–water partition coefficient (Wildman–Crippen LogP) is 0.318. The van der Waals surface area contributed by atoms with Crippen molar-refractivity contribution in [1.82, 2.24) is 9.62 Å². The van der Waals surface area contributed by atoms with Crippen LogP contribution in [0.1, 0.15) is 18.4 Å². The highest BCUT2D eigenvalue weighted by atomic mass is 32.2. The number of hydrogen-bond acceptors (Lipinski definition) is 6. The Morgan fingerprint density at radius 2 is 1.85 bits per heavy atom. The molecule has 1 saturated heterocycles. The van der Waals surface area contributed by atoms with Crippen LogP contribution in [0.2, 0.25) is 0 Å². The third-order valence-electron chi connectivity index (χ3n) is 4.52. The van der Waals surface area contributed by atoms with Gasteiger partial charge in [0.2, 0.25) is 15.9 Å². The average molecular weight is 405 g/mol. The summed E-state index contributed by atoms with van der Waals surface area (Å²) in [5.74, 6) is -0.562. The van der Waals surface area contributed by atoms with Gasteiger partial charge in [-0.15, -0.1) is 0 Å². The van der Waals surface area contributed by atoms with E-state index in [9.17, 15) is 21.6 Å². The molecule has 1 N–H and O–H groups in total. The highest BCUT2D eigenvalue weighted by Gasteiger charge is 2.36. The number of sulfonamides is 1. The molecule has 1 aromatic carbocycles. The molecule has 2 rings (SSSR count). The molecule has 0 atom stereocenters. The second-order valence-electron chi connectivity index (χ2n) is 6.22. The zero-order valence-corrected chi connectivity index (χ0v) is 16.7. The van der Waals surface area contributed by atoms with Crippen molar-refractivity contribution in [3.8, 4) is 5.75 Å². The summed E-state index contributed by atoms with van der Waals surface area (Å²) in [5, 5.41) is 1.59. The van der Waals surface area contributed by atoms with Crippen LogP contribution in [0.4, 0.5) is 0 Å². The second kappa shape index (κ2) is 7.93. The minimum Gasteiger partial charge on any atom is -0.497 e. The van der Waals surface area contributed by atoms with Gasteiger partial charge in [0.1, 0.15) is 11.5 Å². The summed E-state index contributed by atoms with van der Waals surface area (Å²) < 4.78 is 56.6. The van der Waals surface area contributed by atoms with Crippen LogP contribution in [0.5, 0.6) is 5.75 Å². The minimum absolute atomic E-state index is 0.103. The van der Waals surface area contributed by atoms with Gasteiger partial charge in [-0.1, -0.05) is 0 Å². The molecule has 1 aromatic rings. The molecule has 0 saturated carbocycles. The summed E-state index contributed by atoms with van der Waals surface area (Å²) in [7, 11) is -4.42. The highest BCUT2D eigenvalue weighted by molar-refractivity contribution is 7.92. The van der Waals surface area contributed by atoms with Crippen LogP contribution >= 0.6 is 0 Å². The summed E-state index contributed by atoms with van der Waals surface area (Å²) in [6.07, 6.45) is 0.349. The van der Waals surface area contributed by atoms with E-state index in [2.05, 4.69) is 5.32 Å². The van der Waals surface area contributed by atoms with Gasteiger partial charge < -0.3 is 10.1 Å². The second-order valence-corrected chi connectivity index (χ2v) is 10.4. The molecule has 0 bridgehead atoms. The lowest BCUT2D eigenvalue weighted by molar-refractivity contribution is -0.118. The number of benzene rings is 1. The topological polar surface area (TPSA) is 110 Å². The molecule has 0 aromatic heterocycles. The average Bonchev–Trinajstić information content (AvgIpc) is 2.61. The van der Waals surface area contributed by atoms with Gasteiger partial charge in [0.05, 0.1) is 17.3 Å². The van der Waals surface area contributed by atoms with E-state index in [1.54, 1.807) is 19.1 Å². The van der Waals surface area contributed by atoms with Crippen LogP contribution in [0, 0.1) is 6.92 Å². The smallest absolute Gasteiger partial charge is 0.243 e. The number of rotatable bonds is 6. The van der Waals surface area contributed by atoms with Crippen LogP contribution in [0.25, 0.3) is 0 Å². The zero-order valence-electron chi connectivity index (χ0n) is 15.1. The molecule has 8 nitrogen and oxygen atoms in total. The summed E-state index contributed by atoms with van der Waals surface area (Å²) >= 11 is 0. The van der Waals surface area contributed by atoms with Crippen molar-refractivity contribution in [2.24, 2.45) is 0 Å². The number of sulfone groups is 1. The van der Waals surface area contributed by atoms with Gasteiger partial charge in [0.25, 0.3) is 0 Å². The Morgan fingerprint density at radius 1 is 1.23 bits per heavy atom. The number of piperidine rings is 1. The van der Waals surface area contributed by atoms with E-state index < -0.39 is 36.8 Å². The van der Waals surface area contributed by atoms with E-state index in [1.165, 1.54) is 24.5 Å². The number of nitrogens with one attached hydrogen (secondary N) is 1. The fourth-order valence-corrected chi connectivity index (χ4v) is 6.33. The van der Waals surface area contributed by atoms with Crippen molar-refractivity contribution in [3.05, 3.63) is 23.8 Å². The zero-order chi connectivity index (χ0) is 19.5. The van der Waals surface area contributed by atoms with Crippen molar-refractivity contribution in [1.29, 1.82) is 0 Å². The Balaban J connectivity index is 2.13. The first kappa shape index (κ1) is 20.7. The van der Waals surface area contributed by atoms with Gasteiger partial charge in [0.15, 0.2) is 9.84 Å². The predicted molar refractivity (Wildman–Crippen MR) is 97.4 cm³/mol. The van der Waals surface area contributed by atoms with Crippen LogP contribution in [0.3, 0.4) is 0 Å². The van der Waals surface area contributed by atoms with E-state index in [-0.39, 0.29) is 30.8 Å². The molecule has 0 radical (unpaired) electrons. The first-order valence-corrected chi connectivity index (χ1v) is 11.3. The third kappa shape index (κ3) is 4.36. The minimum atomic E-state index is -3.71. The van der Waals surface area contributed by atoms with Gasteiger partial charge in [-0.05, 0) is 43.5 Å². The number of carbonyl (C=O) groups excluding carboxylic acids is 1. The Bertz CT molecular complexity index is 872. The van der Waals surface area contributed by atoms with Crippen LogP contribution in [-0.2, 0) is 24.7 Å². The number of ether oxygens (including phenoxy) is 1. The monoisotopic (exact) mass is 404 g/mol. The largest absolute Gasteiger partial charge is 0.497 e. The van der Waals surface area contributed by atoms with Crippen molar-refractivity contribution < 1.29 is 26.4 Å². The van der Waals surface area contributed by atoms with Crippen LogP contribution in [-0.4, -0.2) is 65.3 Å². The molecule has 146 valence electrons. The van der Waals surface area contributed by atoms with Crippen molar-refractivity contribution >= 4 is 25.8 Å². The lowest BCUT2D eigenvalue weighted by Gasteiger charge is -2.31. The van der Waals surface area contributed by atoms with Gasteiger partial charge in [-0.25, -0.2) is 16.8 Å². The van der Waals surface area contributed by atoms with E-state index in [1.807, 2.05) is 0 Å². The van der Waals surface area contributed by atoms with Crippen LogP contribution < -0.4 is 10.1 Å². The maximum atomic E-state index is 12.9. The molecule has 1 fully saturated rings. The number of nitrogens with zero attached hydrogens (tertiary/aromatic N) is 1. The molecule has 0 spiro atoms. The Kier molecular flexibility index (Phi) is 6.30. The van der Waals surface area contributed by atoms with Gasteiger partial charge in [-0.3, -0.25) is 4.79 Å². The molecule has 0 aliphatic carbocycles. The number of amides is 1. The van der Waals surface area contributed by atoms with E-state index in [4.69, 9.17) is 4.74 Å². The first-order chi connectivity index (χ1) is 12.1. The summed E-state index contributed by atoms with van der Waals surface area (Å²) in [6, 6.07) is 4.73.